The Labute approximate surface area is 245 Å². The fourth-order valence-corrected chi connectivity index (χ4v) is 4.51. The summed E-state index contributed by atoms with van der Waals surface area (Å²) in [5.41, 5.74) is -2.93. The van der Waals surface area contributed by atoms with Crippen molar-refractivity contribution in [3.63, 3.8) is 0 Å². The van der Waals surface area contributed by atoms with Crippen LogP contribution in [0.4, 0.5) is 13.2 Å². The summed E-state index contributed by atoms with van der Waals surface area (Å²) in [6.45, 7) is 6.82. The number of nitrogens with zero attached hydrogens (tertiary/aromatic N) is 2. The van der Waals surface area contributed by atoms with Gasteiger partial charge in [-0.1, -0.05) is 123 Å². The number of unbranched alkanes of at least 4 members (excludes halogenated alkanes) is 11. The lowest BCUT2D eigenvalue weighted by atomic mass is 10.0. The molecule has 0 spiro atoms. The maximum Gasteiger partial charge on any atom is 0.534 e. The average Bonchev–Trinajstić information content (AvgIpc) is 2.84. The van der Waals surface area contributed by atoms with Crippen LogP contribution in [0.1, 0.15) is 117 Å². The lowest BCUT2D eigenvalue weighted by Crippen LogP contribution is -2.28. The molecule has 0 fully saturated rings. The molecular weight excluding hydrogens is 561 g/mol. The third-order valence-electron chi connectivity index (χ3n) is 5.94. The molecule has 5 nitrogen and oxygen atoms in total. The van der Waals surface area contributed by atoms with E-state index in [9.17, 15) is 21.6 Å². The molecule has 0 aromatic carbocycles. The van der Waals surface area contributed by atoms with E-state index in [1.54, 1.807) is 0 Å². The molecule has 0 amide bonds. The number of hydrogen-bond acceptors (Lipinski definition) is 5. The predicted octanol–water partition coefficient (Wildman–Crippen LogP) is 10.1. The van der Waals surface area contributed by atoms with Crippen molar-refractivity contribution in [1.29, 1.82) is 0 Å². The second-order valence-electron chi connectivity index (χ2n) is 10.1. The van der Waals surface area contributed by atoms with Crippen molar-refractivity contribution >= 4 is 21.7 Å². The lowest BCUT2D eigenvalue weighted by molar-refractivity contribution is -0.0501. The van der Waals surface area contributed by atoms with Crippen molar-refractivity contribution in [3.05, 3.63) is 52.9 Å². The Morgan fingerprint density at radius 1 is 0.800 bits per heavy atom. The van der Waals surface area contributed by atoms with Crippen LogP contribution in [0.2, 0.25) is 5.15 Å². The number of alkyl halides is 3. The van der Waals surface area contributed by atoms with Crippen molar-refractivity contribution < 1.29 is 25.8 Å². The van der Waals surface area contributed by atoms with Crippen LogP contribution in [0.15, 0.2) is 36.4 Å². The lowest BCUT2D eigenvalue weighted by Gasteiger charge is -2.08. The van der Waals surface area contributed by atoms with Crippen LogP contribution >= 0.6 is 11.6 Å². The first-order valence-corrected chi connectivity index (χ1v) is 15.8. The van der Waals surface area contributed by atoms with Crippen LogP contribution < -0.4 is 4.18 Å². The van der Waals surface area contributed by atoms with Gasteiger partial charge in [-0.15, -0.1) is 0 Å². The van der Waals surface area contributed by atoms with Crippen LogP contribution in [-0.4, -0.2) is 23.9 Å². The summed E-state index contributed by atoms with van der Waals surface area (Å²) in [7, 11) is -5.69. The fourth-order valence-electron chi connectivity index (χ4n) is 3.94. The predicted molar refractivity (Wildman–Crippen MR) is 159 cm³/mol. The molecule has 0 N–H and O–H groups in total. The first kappa shape index (κ1) is 38.1. The number of rotatable bonds is 17. The SMILES string of the molecule is C.CCCCCCCCCCCCCCc1cccc(CC(C)C)n1.O=S(=O)(Oc1cccc(Cl)n1)C(F)(F)F. The van der Waals surface area contributed by atoms with Gasteiger partial charge in [0.15, 0.2) is 0 Å². The van der Waals surface area contributed by atoms with Gasteiger partial charge in [-0.2, -0.15) is 21.6 Å². The van der Waals surface area contributed by atoms with Gasteiger partial charge in [-0.25, -0.2) is 4.98 Å². The smallest absolute Gasteiger partial charge is 0.355 e. The molecule has 2 rings (SSSR count). The number of hydrogen-bond donors (Lipinski definition) is 0. The Hall–Kier alpha value is -1.87. The van der Waals surface area contributed by atoms with E-state index in [2.05, 4.69) is 48.1 Å². The number of halogens is 4. The zero-order chi connectivity index (χ0) is 29.2. The second-order valence-corrected chi connectivity index (χ2v) is 12.1. The number of pyridine rings is 2. The van der Waals surface area contributed by atoms with Gasteiger partial charge in [0.1, 0.15) is 5.15 Å². The highest BCUT2D eigenvalue weighted by Gasteiger charge is 2.48. The van der Waals surface area contributed by atoms with Gasteiger partial charge in [0, 0.05) is 17.5 Å². The zero-order valence-corrected chi connectivity index (χ0v) is 25.1. The fraction of sp³-hybridized carbons (Fsp3) is 0.667. The maximum absolute atomic E-state index is 11.8. The Morgan fingerprint density at radius 3 is 1.80 bits per heavy atom. The van der Waals surface area contributed by atoms with E-state index >= 15 is 0 Å². The van der Waals surface area contributed by atoms with E-state index in [0.717, 1.165) is 18.9 Å². The topological polar surface area (TPSA) is 69.2 Å². The molecule has 0 atom stereocenters. The zero-order valence-electron chi connectivity index (χ0n) is 23.5. The van der Waals surface area contributed by atoms with Gasteiger partial charge < -0.3 is 4.18 Å². The minimum Gasteiger partial charge on any atom is -0.355 e. The molecule has 2 heterocycles. The molecule has 0 saturated carbocycles. The monoisotopic (exact) mass is 608 g/mol. The van der Waals surface area contributed by atoms with Gasteiger partial charge in [0.25, 0.3) is 0 Å². The molecule has 0 unspecified atom stereocenters. The molecule has 0 saturated heterocycles. The van der Waals surface area contributed by atoms with Crippen LogP contribution in [-0.2, 0) is 23.0 Å². The van der Waals surface area contributed by atoms with Crippen molar-refractivity contribution in [2.45, 2.75) is 124 Å². The third kappa shape index (κ3) is 17.7. The summed E-state index contributed by atoms with van der Waals surface area (Å²) in [6, 6.07) is 9.95. The Bertz CT molecular complexity index is 1030. The molecule has 0 aliphatic rings. The summed E-state index contributed by atoms with van der Waals surface area (Å²) >= 11 is 5.32. The quantitative estimate of drug-likeness (QED) is 0.0773. The standard InChI is InChI=1S/C23H41N.C6H3ClF3NO3S.CH4/c1-4-5-6-7-8-9-10-11-12-13-14-15-17-22-18-16-19-23(24-22)20-21(2)3;7-4-2-1-3-5(11-4)14-15(12,13)6(8,9)10;/h16,18-19,21H,4-15,17,20H2,1-3H3;1-3H;1H4. The Morgan fingerprint density at radius 2 is 1.30 bits per heavy atom. The van der Waals surface area contributed by atoms with Crippen LogP contribution in [0.5, 0.6) is 5.88 Å². The molecule has 2 aromatic rings. The highest BCUT2D eigenvalue weighted by Crippen LogP contribution is 2.26. The molecule has 230 valence electrons. The van der Waals surface area contributed by atoms with Crippen molar-refractivity contribution in [2.75, 3.05) is 0 Å². The van der Waals surface area contributed by atoms with Crippen molar-refractivity contribution in [2.24, 2.45) is 5.92 Å². The van der Waals surface area contributed by atoms with Gasteiger partial charge in [-0.05, 0) is 43.4 Å². The third-order valence-corrected chi connectivity index (χ3v) is 7.10. The van der Waals surface area contributed by atoms with Crippen LogP contribution in [0.25, 0.3) is 0 Å². The largest absolute Gasteiger partial charge is 0.534 e. The summed E-state index contributed by atoms with van der Waals surface area (Å²) in [4.78, 5) is 8.04. The average molecular weight is 609 g/mol. The number of aromatic nitrogens is 2. The Balaban J connectivity index is 0.000000819. The van der Waals surface area contributed by atoms with Gasteiger partial charge >= 0.3 is 15.6 Å². The summed E-state index contributed by atoms with van der Waals surface area (Å²) in [6.07, 6.45) is 19.2. The van der Waals surface area contributed by atoms with E-state index in [4.69, 9.17) is 16.6 Å². The molecule has 0 aliphatic carbocycles. The highest BCUT2D eigenvalue weighted by atomic mass is 35.5. The minimum absolute atomic E-state index is 0. The molecule has 0 bridgehead atoms. The number of aryl methyl sites for hydroxylation is 1. The van der Waals surface area contributed by atoms with E-state index < -0.39 is 21.5 Å². The van der Waals surface area contributed by atoms with E-state index in [0.29, 0.717) is 5.92 Å². The van der Waals surface area contributed by atoms with E-state index in [-0.39, 0.29) is 12.6 Å². The van der Waals surface area contributed by atoms with Gasteiger partial charge in [-0.3, -0.25) is 4.98 Å². The van der Waals surface area contributed by atoms with Gasteiger partial charge in [0.2, 0.25) is 5.88 Å². The first-order chi connectivity index (χ1) is 18.4. The van der Waals surface area contributed by atoms with Crippen LogP contribution in [0, 0.1) is 5.92 Å². The van der Waals surface area contributed by atoms with E-state index in [1.807, 2.05) is 0 Å². The van der Waals surface area contributed by atoms with Gasteiger partial charge in [0.05, 0.1) is 0 Å². The maximum atomic E-state index is 11.8. The van der Waals surface area contributed by atoms with E-state index in [1.165, 1.54) is 101 Å². The molecule has 40 heavy (non-hydrogen) atoms. The Kier molecular flexibility index (Phi) is 19.9. The summed E-state index contributed by atoms with van der Waals surface area (Å²) < 4.78 is 60.2. The van der Waals surface area contributed by atoms with Crippen molar-refractivity contribution in [1.82, 2.24) is 9.97 Å². The first-order valence-electron chi connectivity index (χ1n) is 14.0. The second kappa shape index (κ2) is 20.9. The summed E-state index contributed by atoms with van der Waals surface area (Å²) in [5.74, 6) is -0.0424. The highest BCUT2D eigenvalue weighted by molar-refractivity contribution is 7.87. The molecule has 10 heteroatoms. The van der Waals surface area contributed by atoms with Crippen LogP contribution in [0.3, 0.4) is 0 Å². The normalized spacial score (nSPS) is 11.5. The summed E-state index contributed by atoms with van der Waals surface area (Å²) in [5, 5.41) is -0.176. The molecule has 0 radical (unpaired) electrons. The molecule has 0 aliphatic heterocycles. The van der Waals surface area contributed by atoms with Crippen molar-refractivity contribution in [3.8, 4) is 5.88 Å². The minimum atomic E-state index is -5.69. The molecular formula is C30H48ClF3N2O3S. The molecule has 2 aromatic heterocycles.